The molecule has 4 heterocycles. The Labute approximate surface area is 183 Å². The van der Waals surface area contributed by atoms with E-state index < -0.39 is 29.1 Å². The number of hydrogen-bond acceptors (Lipinski definition) is 4. The van der Waals surface area contributed by atoms with Crippen LogP contribution in [0.15, 0.2) is 36.4 Å². The van der Waals surface area contributed by atoms with E-state index in [1.165, 1.54) is 24.3 Å². The average molecular weight is 440 g/mol. The molecule has 3 fully saturated rings. The number of benzene rings is 2. The molecule has 2 aromatic carbocycles. The van der Waals surface area contributed by atoms with Crippen LogP contribution in [0.25, 0.3) is 0 Å². The van der Waals surface area contributed by atoms with E-state index in [2.05, 4.69) is 10.2 Å². The first-order chi connectivity index (χ1) is 14.9. The molecule has 4 unspecified atom stereocenters. The summed E-state index contributed by atoms with van der Waals surface area (Å²) in [4.78, 5) is 44.1. The number of amides is 3. The predicted molar refractivity (Wildman–Crippen MR) is 112 cm³/mol. The highest BCUT2D eigenvalue weighted by Crippen LogP contribution is 2.61. The van der Waals surface area contributed by atoms with Crippen LogP contribution in [0.1, 0.15) is 24.0 Å². The molecule has 0 radical (unpaired) electrons. The zero-order chi connectivity index (χ0) is 21.7. The van der Waals surface area contributed by atoms with E-state index in [9.17, 15) is 18.8 Å². The lowest BCUT2D eigenvalue weighted by Gasteiger charge is -2.36. The van der Waals surface area contributed by atoms with Gasteiger partial charge in [-0.1, -0.05) is 17.7 Å². The van der Waals surface area contributed by atoms with Crippen LogP contribution >= 0.6 is 11.6 Å². The summed E-state index contributed by atoms with van der Waals surface area (Å²) in [5.41, 5.74) is 1.18. The maximum atomic E-state index is 13.8. The van der Waals surface area contributed by atoms with Crippen molar-refractivity contribution in [1.29, 1.82) is 0 Å². The van der Waals surface area contributed by atoms with Crippen molar-refractivity contribution in [2.45, 2.75) is 31.3 Å². The Morgan fingerprint density at radius 1 is 1.10 bits per heavy atom. The largest absolute Gasteiger partial charge is 0.324 e. The Bertz CT molecular complexity index is 1180. The maximum Gasteiger partial charge on any atom is 0.250 e. The lowest BCUT2D eigenvalue weighted by molar-refractivity contribution is -0.135. The third-order valence-corrected chi connectivity index (χ3v) is 7.86. The molecule has 0 aromatic heterocycles. The predicted octanol–water partition coefficient (Wildman–Crippen LogP) is 3.22. The van der Waals surface area contributed by atoms with E-state index >= 15 is 0 Å². The van der Waals surface area contributed by atoms with Crippen LogP contribution in [0.2, 0.25) is 5.02 Å². The van der Waals surface area contributed by atoms with Crippen molar-refractivity contribution in [3.63, 3.8) is 0 Å². The minimum atomic E-state index is -1.24. The van der Waals surface area contributed by atoms with Crippen molar-refractivity contribution in [3.8, 4) is 0 Å². The first-order valence-corrected chi connectivity index (χ1v) is 10.8. The molecule has 8 heteroatoms. The van der Waals surface area contributed by atoms with Gasteiger partial charge in [0.05, 0.1) is 23.2 Å². The summed E-state index contributed by atoms with van der Waals surface area (Å²) in [7, 11) is 0. The molecule has 4 aliphatic rings. The van der Waals surface area contributed by atoms with E-state index in [-0.39, 0.29) is 17.9 Å². The van der Waals surface area contributed by atoms with Gasteiger partial charge in [0.1, 0.15) is 11.4 Å². The van der Waals surface area contributed by atoms with Crippen LogP contribution < -0.4 is 10.2 Å². The molecule has 1 spiro atoms. The Hall–Kier alpha value is -2.77. The fourth-order valence-corrected chi connectivity index (χ4v) is 6.39. The van der Waals surface area contributed by atoms with Gasteiger partial charge in [-0.2, -0.15) is 0 Å². The third kappa shape index (κ3) is 2.13. The van der Waals surface area contributed by atoms with Crippen molar-refractivity contribution in [2.24, 2.45) is 11.8 Å². The highest BCUT2D eigenvalue weighted by atomic mass is 35.5. The summed E-state index contributed by atoms with van der Waals surface area (Å²) in [5, 5.41) is 3.50. The van der Waals surface area contributed by atoms with Crippen LogP contribution in [0.4, 0.5) is 15.8 Å². The monoisotopic (exact) mass is 439 g/mol. The molecule has 0 aliphatic carbocycles. The van der Waals surface area contributed by atoms with Crippen LogP contribution in [-0.2, 0) is 19.9 Å². The van der Waals surface area contributed by atoms with Gasteiger partial charge in [-0.25, -0.2) is 9.29 Å². The number of nitrogens with zero attached hydrogens (tertiary/aromatic N) is 2. The van der Waals surface area contributed by atoms with Gasteiger partial charge < -0.3 is 5.32 Å². The minimum absolute atomic E-state index is 0.195. The van der Waals surface area contributed by atoms with Crippen LogP contribution in [-0.4, -0.2) is 35.2 Å². The first kappa shape index (κ1) is 19.0. The number of anilines is 2. The number of carbonyl (C=O) groups is 3. The highest BCUT2D eigenvalue weighted by molar-refractivity contribution is 6.32. The number of imide groups is 1. The summed E-state index contributed by atoms with van der Waals surface area (Å²) in [6.45, 7) is 2.48. The van der Waals surface area contributed by atoms with E-state index in [0.29, 0.717) is 28.5 Å². The van der Waals surface area contributed by atoms with Gasteiger partial charge in [0.2, 0.25) is 17.7 Å². The van der Waals surface area contributed by atoms with E-state index in [0.717, 1.165) is 23.3 Å². The molecule has 158 valence electrons. The third-order valence-electron chi connectivity index (χ3n) is 7.45. The molecular formula is C23H19ClFN3O3. The smallest absolute Gasteiger partial charge is 0.250 e. The van der Waals surface area contributed by atoms with Crippen molar-refractivity contribution < 1.29 is 18.8 Å². The Balaban J connectivity index is 1.56. The fraction of sp³-hybridized carbons (Fsp3) is 0.348. The molecule has 2 aromatic rings. The number of fused-ring (bicyclic) bond motifs is 7. The summed E-state index contributed by atoms with van der Waals surface area (Å²) < 4.78 is 13.4. The molecule has 6 nitrogen and oxygen atoms in total. The SMILES string of the molecule is Cc1c(Cl)ccc2c1NC(=O)C21C2C(=O)N(c3ccc(F)cc3)C(=O)C2C2CCCN21. The molecule has 0 saturated carbocycles. The topological polar surface area (TPSA) is 69.7 Å². The van der Waals surface area contributed by atoms with Crippen molar-refractivity contribution in [3.05, 3.63) is 58.4 Å². The molecule has 4 atom stereocenters. The zero-order valence-corrected chi connectivity index (χ0v) is 17.4. The van der Waals surface area contributed by atoms with Crippen LogP contribution in [0, 0.1) is 24.6 Å². The second-order valence-electron chi connectivity index (χ2n) is 8.71. The fourth-order valence-electron chi connectivity index (χ4n) is 6.24. The number of hydrogen-bond donors (Lipinski definition) is 1. The van der Waals surface area contributed by atoms with Crippen molar-refractivity contribution in [2.75, 3.05) is 16.8 Å². The average Bonchev–Trinajstić information content (AvgIpc) is 3.45. The standard InChI is InChI=1S/C23H19ClFN3O3/c1-11-15(24)9-8-14-19(11)26-22(31)23(14)18-17(16-3-2-10-27(16)23)20(29)28(21(18)30)13-6-4-12(25)5-7-13/h4-9,16-18H,2-3,10H2,1H3,(H,26,31). The lowest BCUT2D eigenvalue weighted by Crippen LogP contribution is -2.54. The number of halogens is 2. The lowest BCUT2D eigenvalue weighted by atomic mass is 9.75. The van der Waals surface area contributed by atoms with Gasteiger partial charge in [-0.15, -0.1) is 0 Å². The highest BCUT2D eigenvalue weighted by Gasteiger charge is 2.74. The Kier molecular flexibility index (Phi) is 3.76. The van der Waals surface area contributed by atoms with E-state index in [1.807, 2.05) is 6.92 Å². The zero-order valence-electron chi connectivity index (χ0n) is 16.7. The molecule has 0 bridgehead atoms. The summed E-state index contributed by atoms with van der Waals surface area (Å²) in [6, 6.07) is 8.66. The molecule has 1 N–H and O–H groups in total. The molecule has 3 saturated heterocycles. The summed E-state index contributed by atoms with van der Waals surface area (Å²) >= 11 is 6.30. The Morgan fingerprint density at radius 2 is 1.84 bits per heavy atom. The molecule has 31 heavy (non-hydrogen) atoms. The number of carbonyl (C=O) groups excluding carboxylic acids is 3. The van der Waals surface area contributed by atoms with E-state index in [1.54, 1.807) is 12.1 Å². The summed E-state index contributed by atoms with van der Waals surface area (Å²) in [5.74, 6) is -2.91. The van der Waals surface area contributed by atoms with Gasteiger partial charge in [0, 0.05) is 16.6 Å². The second kappa shape index (κ2) is 6.14. The van der Waals surface area contributed by atoms with Crippen LogP contribution in [0.3, 0.4) is 0 Å². The van der Waals surface area contributed by atoms with Gasteiger partial charge in [0.15, 0.2) is 0 Å². The van der Waals surface area contributed by atoms with E-state index in [4.69, 9.17) is 11.6 Å². The minimum Gasteiger partial charge on any atom is -0.324 e. The molecule has 3 amide bonds. The number of rotatable bonds is 1. The van der Waals surface area contributed by atoms with Gasteiger partial charge in [-0.3, -0.25) is 19.3 Å². The van der Waals surface area contributed by atoms with Crippen molar-refractivity contribution in [1.82, 2.24) is 4.90 Å². The van der Waals surface area contributed by atoms with Crippen LogP contribution in [0.5, 0.6) is 0 Å². The Morgan fingerprint density at radius 3 is 2.58 bits per heavy atom. The second-order valence-corrected chi connectivity index (χ2v) is 9.12. The van der Waals surface area contributed by atoms with Gasteiger partial charge in [-0.05, 0) is 62.2 Å². The summed E-state index contributed by atoms with van der Waals surface area (Å²) in [6.07, 6.45) is 1.59. The molecular weight excluding hydrogens is 421 g/mol. The molecule has 6 rings (SSSR count). The van der Waals surface area contributed by atoms with Crippen molar-refractivity contribution >= 4 is 40.7 Å². The van der Waals surface area contributed by atoms with Gasteiger partial charge in [0.25, 0.3) is 0 Å². The quantitative estimate of drug-likeness (QED) is 0.693. The van der Waals surface area contributed by atoms with Gasteiger partial charge >= 0.3 is 0 Å². The first-order valence-electron chi connectivity index (χ1n) is 10.4. The number of nitrogens with one attached hydrogen (secondary N) is 1. The normalized spacial score (nSPS) is 31.4. The maximum absolute atomic E-state index is 13.8. The molecule has 4 aliphatic heterocycles.